The summed E-state index contributed by atoms with van der Waals surface area (Å²) in [5.74, 6) is -2.79. The van der Waals surface area contributed by atoms with Gasteiger partial charge in [0.05, 0.1) is 13.3 Å². The number of aromatic nitrogens is 1. The van der Waals surface area contributed by atoms with Crippen molar-refractivity contribution in [3.05, 3.63) is 41.8 Å². The molecule has 0 saturated heterocycles. The SMILES string of the molecule is COc1cc(F)c(F)cc1-c1cc(N)ncc1F. The fourth-order valence-corrected chi connectivity index (χ4v) is 1.57. The van der Waals surface area contributed by atoms with Crippen molar-refractivity contribution in [3.63, 3.8) is 0 Å². The summed E-state index contributed by atoms with van der Waals surface area (Å²) < 4.78 is 44.8. The molecule has 2 rings (SSSR count). The van der Waals surface area contributed by atoms with E-state index in [0.29, 0.717) is 0 Å². The van der Waals surface area contributed by atoms with Gasteiger partial charge in [-0.1, -0.05) is 0 Å². The summed E-state index contributed by atoms with van der Waals surface area (Å²) >= 11 is 0. The van der Waals surface area contributed by atoms with Crippen LogP contribution in [0, 0.1) is 17.5 Å². The lowest BCUT2D eigenvalue weighted by Gasteiger charge is -2.10. The molecule has 94 valence electrons. The van der Waals surface area contributed by atoms with Crippen molar-refractivity contribution in [1.82, 2.24) is 4.98 Å². The second kappa shape index (κ2) is 4.56. The Morgan fingerprint density at radius 2 is 1.67 bits per heavy atom. The zero-order valence-corrected chi connectivity index (χ0v) is 9.38. The lowest BCUT2D eigenvalue weighted by Crippen LogP contribution is -1.97. The van der Waals surface area contributed by atoms with E-state index in [-0.39, 0.29) is 22.7 Å². The zero-order valence-electron chi connectivity index (χ0n) is 9.38. The summed E-state index contributed by atoms with van der Waals surface area (Å²) in [6, 6.07) is 2.93. The van der Waals surface area contributed by atoms with Crippen molar-refractivity contribution >= 4 is 5.82 Å². The third-order valence-corrected chi connectivity index (χ3v) is 2.41. The van der Waals surface area contributed by atoms with Crippen molar-refractivity contribution in [2.45, 2.75) is 0 Å². The molecule has 1 aromatic heterocycles. The molecule has 0 aliphatic carbocycles. The molecule has 6 heteroatoms. The minimum atomic E-state index is -1.10. The van der Waals surface area contributed by atoms with Gasteiger partial charge in [-0.3, -0.25) is 0 Å². The van der Waals surface area contributed by atoms with Gasteiger partial charge in [-0.2, -0.15) is 0 Å². The van der Waals surface area contributed by atoms with Crippen LogP contribution >= 0.6 is 0 Å². The monoisotopic (exact) mass is 254 g/mol. The molecule has 0 spiro atoms. The number of anilines is 1. The molecular formula is C12H9F3N2O. The van der Waals surface area contributed by atoms with Crippen LogP contribution in [-0.2, 0) is 0 Å². The Kier molecular flexibility index (Phi) is 3.10. The number of halogens is 3. The van der Waals surface area contributed by atoms with Crippen LogP contribution in [0.1, 0.15) is 0 Å². The normalized spacial score (nSPS) is 10.4. The predicted molar refractivity (Wildman–Crippen MR) is 60.5 cm³/mol. The number of ether oxygens (including phenoxy) is 1. The van der Waals surface area contributed by atoms with Crippen molar-refractivity contribution in [1.29, 1.82) is 0 Å². The zero-order chi connectivity index (χ0) is 13.3. The Morgan fingerprint density at radius 1 is 1.00 bits per heavy atom. The van der Waals surface area contributed by atoms with Crippen LogP contribution in [0.25, 0.3) is 11.1 Å². The third kappa shape index (κ3) is 2.09. The van der Waals surface area contributed by atoms with E-state index in [1.165, 1.54) is 13.2 Å². The van der Waals surface area contributed by atoms with E-state index in [0.717, 1.165) is 18.3 Å². The molecular weight excluding hydrogens is 245 g/mol. The number of rotatable bonds is 2. The maximum absolute atomic E-state index is 13.6. The maximum atomic E-state index is 13.6. The Morgan fingerprint density at radius 3 is 2.33 bits per heavy atom. The Bertz CT molecular complexity index is 602. The fourth-order valence-electron chi connectivity index (χ4n) is 1.57. The van der Waals surface area contributed by atoms with E-state index < -0.39 is 17.5 Å². The summed E-state index contributed by atoms with van der Waals surface area (Å²) in [6.45, 7) is 0. The first-order valence-corrected chi connectivity index (χ1v) is 4.97. The van der Waals surface area contributed by atoms with E-state index in [1.807, 2.05) is 0 Å². The van der Waals surface area contributed by atoms with Crippen molar-refractivity contribution < 1.29 is 17.9 Å². The topological polar surface area (TPSA) is 48.1 Å². The number of methoxy groups -OCH3 is 1. The lowest BCUT2D eigenvalue weighted by molar-refractivity contribution is 0.408. The van der Waals surface area contributed by atoms with Gasteiger partial charge in [-0.05, 0) is 12.1 Å². The highest BCUT2D eigenvalue weighted by Crippen LogP contribution is 2.34. The molecule has 0 fully saturated rings. The van der Waals surface area contributed by atoms with Gasteiger partial charge >= 0.3 is 0 Å². The summed E-state index contributed by atoms with van der Waals surface area (Å²) in [7, 11) is 1.28. The summed E-state index contributed by atoms with van der Waals surface area (Å²) in [5, 5.41) is 0. The third-order valence-electron chi connectivity index (χ3n) is 2.41. The molecule has 0 radical (unpaired) electrons. The number of benzene rings is 1. The Labute approximate surface area is 101 Å². The molecule has 1 aromatic carbocycles. The Hall–Kier alpha value is -2.24. The number of nitrogens with two attached hydrogens (primary N) is 1. The van der Waals surface area contributed by atoms with Crippen LogP contribution in [-0.4, -0.2) is 12.1 Å². The van der Waals surface area contributed by atoms with Gasteiger partial charge in [0, 0.05) is 17.2 Å². The molecule has 3 nitrogen and oxygen atoms in total. The maximum Gasteiger partial charge on any atom is 0.162 e. The van der Waals surface area contributed by atoms with Crippen LogP contribution in [0.15, 0.2) is 24.4 Å². The first-order valence-electron chi connectivity index (χ1n) is 4.97. The highest BCUT2D eigenvalue weighted by Gasteiger charge is 2.15. The predicted octanol–water partition coefficient (Wildman–Crippen LogP) is 2.76. The molecule has 0 aliphatic rings. The first-order chi connectivity index (χ1) is 8.52. The number of pyridine rings is 1. The number of nitrogens with zero attached hydrogens (tertiary/aromatic N) is 1. The number of hydrogen-bond donors (Lipinski definition) is 1. The summed E-state index contributed by atoms with van der Waals surface area (Å²) in [5.41, 5.74) is 5.51. The minimum absolute atomic E-state index is 0.00162. The molecule has 0 unspecified atom stereocenters. The first kappa shape index (κ1) is 12.2. The van der Waals surface area contributed by atoms with Gasteiger partial charge < -0.3 is 10.5 Å². The van der Waals surface area contributed by atoms with E-state index >= 15 is 0 Å². The average molecular weight is 254 g/mol. The summed E-state index contributed by atoms with van der Waals surface area (Å²) in [4.78, 5) is 3.55. The lowest BCUT2D eigenvalue weighted by atomic mass is 10.0. The standard InChI is InChI=1S/C12H9F3N2O/c1-18-11-4-9(14)8(13)2-7(11)6-3-12(16)17-5-10(6)15/h2-5H,1H3,(H2,16,17). The number of nitrogen functional groups attached to an aromatic ring is 1. The van der Waals surface area contributed by atoms with Crippen molar-refractivity contribution in [2.75, 3.05) is 12.8 Å². The van der Waals surface area contributed by atoms with E-state index in [1.54, 1.807) is 0 Å². The Balaban J connectivity index is 2.69. The van der Waals surface area contributed by atoms with Crippen LogP contribution in [0.3, 0.4) is 0 Å². The smallest absolute Gasteiger partial charge is 0.162 e. The van der Waals surface area contributed by atoms with Gasteiger partial charge in [-0.15, -0.1) is 0 Å². The van der Waals surface area contributed by atoms with Crippen molar-refractivity contribution in [2.24, 2.45) is 0 Å². The largest absolute Gasteiger partial charge is 0.496 e. The van der Waals surface area contributed by atoms with Gasteiger partial charge in [0.1, 0.15) is 17.4 Å². The highest BCUT2D eigenvalue weighted by molar-refractivity contribution is 5.72. The molecule has 0 amide bonds. The molecule has 0 bridgehead atoms. The molecule has 0 atom stereocenters. The molecule has 2 N–H and O–H groups in total. The summed E-state index contributed by atoms with van der Waals surface area (Å²) in [6.07, 6.45) is 0.908. The van der Waals surface area contributed by atoms with Gasteiger partial charge in [0.2, 0.25) is 0 Å². The van der Waals surface area contributed by atoms with Gasteiger partial charge in [-0.25, -0.2) is 18.2 Å². The molecule has 0 saturated carbocycles. The molecule has 18 heavy (non-hydrogen) atoms. The fraction of sp³-hybridized carbons (Fsp3) is 0.0833. The highest BCUT2D eigenvalue weighted by atomic mass is 19.2. The van der Waals surface area contributed by atoms with Crippen molar-refractivity contribution in [3.8, 4) is 16.9 Å². The van der Waals surface area contributed by atoms with Crippen LogP contribution < -0.4 is 10.5 Å². The van der Waals surface area contributed by atoms with E-state index in [2.05, 4.69) is 4.98 Å². The van der Waals surface area contributed by atoms with E-state index in [9.17, 15) is 13.2 Å². The van der Waals surface area contributed by atoms with Crippen LogP contribution in [0.2, 0.25) is 0 Å². The average Bonchev–Trinajstić information content (AvgIpc) is 2.35. The number of hydrogen-bond acceptors (Lipinski definition) is 3. The van der Waals surface area contributed by atoms with Crippen LogP contribution in [0.4, 0.5) is 19.0 Å². The minimum Gasteiger partial charge on any atom is -0.496 e. The second-order valence-corrected chi connectivity index (χ2v) is 3.56. The van der Waals surface area contributed by atoms with E-state index in [4.69, 9.17) is 10.5 Å². The molecule has 2 aromatic rings. The van der Waals surface area contributed by atoms with Gasteiger partial charge in [0.25, 0.3) is 0 Å². The second-order valence-electron chi connectivity index (χ2n) is 3.56. The van der Waals surface area contributed by atoms with Crippen LogP contribution in [0.5, 0.6) is 5.75 Å². The molecule has 1 heterocycles. The molecule has 0 aliphatic heterocycles. The quantitative estimate of drug-likeness (QED) is 0.896. The van der Waals surface area contributed by atoms with Gasteiger partial charge in [0.15, 0.2) is 11.6 Å².